The molecule has 21 heavy (non-hydrogen) atoms. The molecular weight excluding hydrogens is 262 g/mol. The van der Waals surface area contributed by atoms with Crippen molar-refractivity contribution in [3.05, 3.63) is 48.9 Å². The first kappa shape index (κ1) is 13.4. The van der Waals surface area contributed by atoms with Crippen LogP contribution in [0.3, 0.4) is 0 Å². The highest BCUT2D eigenvalue weighted by molar-refractivity contribution is 5.73. The molecule has 0 spiro atoms. The molecule has 0 aliphatic carbocycles. The number of hydrogen-bond acceptors (Lipinski definition) is 4. The van der Waals surface area contributed by atoms with E-state index in [1.165, 1.54) is 0 Å². The van der Waals surface area contributed by atoms with Gasteiger partial charge in [0, 0.05) is 24.6 Å². The maximum atomic E-state index is 5.94. The Hall–Kier alpha value is -2.56. The second kappa shape index (κ2) is 5.83. The fraction of sp³-hybridized carbons (Fsp3) is 0.250. The predicted molar refractivity (Wildman–Crippen MR) is 85.8 cm³/mol. The van der Waals surface area contributed by atoms with Gasteiger partial charge in [-0.25, -0.2) is 9.97 Å². The van der Waals surface area contributed by atoms with Gasteiger partial charge < -0.3 is 15.0 Å². The molecule has 0 atom stereocenters. The molecule has 2 N–H and O–H groups in total. The second-order valence-electron chi connectivity index (χ2n) is 4.99. The number of hydrogen-bond donors (Lipinski definition) is 1. The van der Waals surface area contributed by atoms with Gasteiger partial charge in [0.1, 0.15) is 5.82 Å². The minimum Gasteiger partial charge on any atom is -0.382 e. The lowest BCUT2D eigenvalue weighted by Gasteiger charge is -2.24. The van der Waals surface area contributed by atoms with Crippen LogP contribution in [0.25, 0.3) is 5.65 Å². The number of rotatable bonds is 5. The van der Waals surface area contributed by atoms with E-state index in [1.807, 2.05) is 28.8 Å². The number of aromatic nitrogens is 3. The van der Waals surface area contributed by atoms with Crippen molar-refractivity contribution in [3.8, 4) is 0 Å². The summed E-state index contributed by atoms with van der Waals surface area (Å²) in [7, 11) is 0. The van der Waals surface area contributed by atoms with E-state index < -0.39 is 0 Å². The fourth-order valence-electron chi connectivity index (χ4n) is 2.40. The van der Waals surface area contributed by atoms with E-state index in [0.717, 1.165) is 36.5 Å². The van der Waals surface area contributed by atoms with Crippen molar-refractivity contribution in [1.82, 2.24) is 14.4 Å². The Morgan fingerprint density at radius 2 is 2.05 bits per heavy atom. The van der Waals surface area contributed by atoms with Crippen LogP contribution in [0.15, 0.2) is 48.9 Å². The molecule has 0 amide bonds. The Labute approximate surface area is 124 Å². The molecule has 0 saturated heterocycles. The third-order valence-electron chi connectivity index (χ3n) is 3.43. The largest absolute Gasteiger partial charge is 0.382 e. The molecule has 2 heterocycles. The lowest BCUT2D eigenvalue weighted by Crippen LogP contribution is -2.21. The summed E-state index contributed by atoms with van der Waals surface area (Å²) in [6.07, 6.45) is 7.65. The molecule has 108 valence electrons. The molecule has 3 aromatic rings. The number of nitrogen functional groups attached to an aromatic ring is 1. The van der Waals surface area contributed by atoms with Crippen LogP contribution in [0, 0.1) is 0 Å². The minimum absolute atomic E-state index is 0.493. The van der Waals surface area contributed by atoms with Crippen LogP contribution in [0.4, 0.5) is 17.3 Å². The van der Waals surface area contributed by atoms with Crippen LogP contribution >= 0.6 is 0 Å². The summed E-state index contributed by atoms with van der Waals surface area (Å²) in [5, 5.41) is 0. The molecule has 5 heteroatoms. The average molecular weight is 281 g/mol. The van der Waals surface area contributed by atoms with E-state index in [-0.39, 0.29) is 0 Å². The van der Waals surface area contributed by atoms with E-state index in [9.17, 15) is 0 Å². The second-order valence-corrected chi connectivity index (χ2v) is 4.99. The van der Waals surface area contributed by atoms with Gasteiger partial charge in [-0.2, -0.15) is 0 Å². The van der Waals surface area contributed by atoms with Crippen molar-refractivity contribution in [2.45, 2.75) is 19.8 Å². The number of imidazole rings is 1. The molecule has 0 unspecified atom stereocenters. The van der Waals surface area contributed by atoms with E-state index in [2.05, 4.69) is 33.9 Å². The van der Waals surface area contributed by atoms with Gasteiger partial charge >= 0.3 is 0 Å². The number of fused-ring (bicyclic) bond motifs is 1. The number of unbranched alkanes of at least 4 members (excludes halogenated alkanes) is 1. The zero-order valence-electron chi connectivity index (χ0n) is 12.1. The number of nitrogens with zero attached hydrogens (tertiary/aromatic N) is 4. The molecule has 2 aromatic heterocycles. The molecule has 0 radical (unpaired) electrons. The van der Waals surface area contributed by atoms with Gasteiger partial charge in [-0.3, -0.25) is 0 Å². The lowest BCUT2D eigenvalue weighted by atomic mass is 10.2. The molecule has 0 aliphatic rings. The van der Waals surface area contributed by atoms with Crippen LogP contribution < -0.4 is 10.6 Å². The third-order valence-corrected chi connectivity index (χ3v) is 3.43. The fourth-order valence-corrected chi connectivity index (χ4v) is 2.40. The first-order chi connectivity index (χ1) is 10.3. The molecular formula is C16H19N5. The summed E-state index contributed by atoms with van der Waals surface area (Å²) in [6, 6.07) is 10.2. The van der Waals surface area contributed by atoms with Gasteiger partial charge in [-0.15, -0.1) is 0 Å². The van der Waals surface area contributed by atoms with Gasteiger partial charge in [-0.1, -0.05) is 31.5 Å². The molecule has 5 nitrogen and oxygen atoms in total. The zero-order chi connectivity index (χ0) is 14.7. The highest BCUT2D eigenvalue weighted by Crippen LogP contribution is 2.27. The van der Waals surface area contributed by atoms with Crippen molar-refractivity contribution in [1.29, 1.82) is 0 Å². The van der Waals surface area contributed by atoms with Crippen LogP contribution in [-0.4, -0.2) is 20.9 Å². The quantitative estimate of drug-likeness (QED) is 0.780. The maximum Gasteiger partial charge on any atom is 0.180 e. The third kappa shape index (κ3) is 2.67. The molecule has 0 saturated carbocycles. The highest BCUT2D eigenvalue weighted by atomic mass is 15.2. The van der Waals surface area contributed by atoms with E-state index >= 15 is 0 Å². The highest BCUT2D eigenvalue weighted by Gasteiger charge is 2.15. The zero-order valence-corrected chi connectivity index (χ0v) is 12.1. The van der Waals surface area contributed by atoms with Gasteiger partial charge in [0.15, 0.2) is 11.5 Å². The van der Waals surface area contributed by atoms with Gasteiger partial charge in [0.25, 0.3) is 0 Å². The normalized spacial score (nSPS) is 10.9. The maximum absolute atomic E-state index is 5.94. The van der Waals surface area contributed by atoms with Crippen molar-refractivity contribution >= 4 is 23.0 Å². The number of para-hydroxylation sites is 1. The van der Waals surface area contributed by atoms with Crippen molar-refractivity contribution < 1.29 is 0 Å². The molecule has 0 bridgehead atoms. The smallest absolute Gasteiger partial charge is 0.180 e. The first-order valence-electron chi connectivity index (χ1n) is 7.21. The van der Waals surface area contributed by atoms with E-state index in [1.54, 1.807) is 12.4 Å². The summed E-state index contributed by atoms with van der Waals surface area (Å²) in [5.74, 6) is 1.30. The predicted octanol–water partition coefficient (Wildman–Crippen LogP) is 3.25. The molecule has 1 aromatic carbocycles. The Bertz CT molecular complexity index is 720. The van der Waals surface area contributed by atoms with Gasteiger partial charge in [-0.05, 0) is 18.6 Å². The number of anilines is 3. The van der Waals surface area contributed by atoms with Crippen molar-refractivity contribution in [2.75, 3.05) is 17.2 Å². The van der Waals surface area contributed by atoms with Crippen molar-refractivity contribution in [2.24, 2.45) is 0 Å². The van der Waals surface area contributed by atoms with Gasteiger partial charge in [0.2, 0.25) is 0 Å². The van der Waals surface area contributed by atoms with Crippen LogP contribution in [0.2, 0.25) is 0 Å². The Morgan fingerprint density at radius 3 is 2.81 bits per heavy atom. The van der Waals surface area contributed by atoms with Crippen molar-refractivity contribution in [3.63, 3.8) is 0 Å². The minimum atomic E-state index is 0.493. The Morgan fingerprint density at radius 1 is 1.24 bits per heavy atom. The monoisotopic (exact) mass is 281 g/mol. The lowest BCUT2D eigenvalue weighted by molar-refractivity contribution is 0.779. The first-order valence-corrected chi connectivity index (χ1v) is 7.21. The van der Waals surface area contributed by atoms with E-state index in [4.69, 9.17) is 5.73 Å². The SMILES string of the molecule is CCCCN(c1ccccc1)c1nc(N)cn2ccnc12. The number of benzene rings is 1. The summed E-state index contributed by atoms with van der Waals surface area (Å²) < 4.78 is 1.92. The molecule has 0 fully saturated rings. The summed E-state index contributed by atoms with van der Waals surface area (Å²) in [5.41, 5.74) is 7.87. The summed E-state index contributed by atoms with van der Waals surface area (Å²) >= 11 is 0. The Balaban J connectivity index is 2.12. The van der Waals surface area contributed by atoms with Crippen LogP contribution in [0.1, 0.15) is 19.8 Å². The van der Waals surface area contributed by atoms with Crippen LogP contribution in [0.5, 0.6) is 0 Å². The average Bonchev–Trinajstić information content (AvgIpc) is 2.96. The van der Waals surface area contributed by atoms with Gasteiger partial charge in [0.05, 0.1) is 6.20 Å². The molecule has 3 rings (SSSR count). The van der Waals surface area contributed by atoms with E-state index in [0.29, 0.717) is 5.82 Å². The summed E-state index contributed by atoms with van der Waals surface area (Å²) in [6.45, 7) is 3.07. The van der Waals surface area contributed by atoms with Crippen LogP contribution in [-0.2, 0) is 0 Å². The summed E-state index contributed by atoms with van der Waals surface area (Å²) in [4.78, 5) is 11.1. The topological polar surface area (TPSA) is 59.5 Å². The Kier molecular flexibility index (Phi) is 3.73. The molecule has 0 aliphatic heterocycles. The standard InChI is InChI=1S/C16H19N5/c1-2-3-10-21(13-7-5-4-6-8-13)16-15-18-9-11-20(15)12-14(17)19-16/h4-9,11-12H,2-3,10,17H2,1H3. The number of nitrogens with two attached hydrogens (primary N) is 1.